The summed E-state index contributed by atoms with van der Waals surface area (Å²) in [6.07, 6.45) is 5.07. The van der Waals surface area contributed by atoms with E-state index in [0.717, 1.165) is 12.8 Å². The lowest BCUT2D eigenvalue weighted by Gasteiger charge is -2.11. The minimum absolute atomic E-state index is 0.150. The van der Waals surface area contributed by atoms with Crippen molar-refractivity contribution in [2.45, 2.75) is 18.9 Å². The molecule has 0 spiro atoms. The van der Waals surface area contributed by atoms with E-state index in [2.05, 4.69) is 30.4 Å². The van der Waals surface area contributed by atoms with Gasteiger partial charge in [-0.15, -0.1) is 0 Å². The fourth-order valence-corrected chi connectivity index (χ4v) is 3.18. The molecule has 3 aromatic heterocycles. The van der Waals surface area contributed by atoms with Gasteiger partial charge in [0, 0.05) is 11.3 Å². The monoisotopic (exact) mass is 423 g/mol. The van der Waals surface area contributed by atoms with Crippen LogP contribution >= 0.6 is 0 Å². The number of imidazole rings is 1. The van der Waals surface area contributed by atoms with Gasteiger partial charge in [-0.3, -0.25) is 9.98 Å². The zero-order chi connectivity index (χ0) is 21.5. The number of anilines is 2. The lowest BCUT2D eigenvalue weighted by Crippen LogP contribution is -2.20. The highest BCUT2D eigenvalue weighted by atomic mass is 19.1. The second kappa shape index (κ2) is 7.27. The number of rotatable bonds is 5. The van der Waals surface area contributed by atoms with Crippen molar-refractivity contribution < 1.29 is 14.2 Å². The molecule has 1 aliphatic rings. The first-order chi connectivity index (χ1) is 15.0. The Hall–Kier alpha value is -4.15. The molecule has 4 aromatic rings. The van der Waals surface area contributed by atoms with E-state index < -0.39 is 11.5 Å². The first-order valence-corrected chi connectivity index (χ1v) is 9.57. The highest BCUT2D eigenvalue weighted by Gasteiger charge is 2.20. The van der Waals surface area contributed by atoms with Crippen molar-refractivity contribution in [2.24, 2.45) is 4.99 Å². The van der Waals surface area contributed by atoms with Gasteiger partial charge in [-0.05, 0) is 31.1 Å². The van der Waals surface area contributed by atoms with Crippen molar-refractivity contribution in [1.29, 1.82) is 0 Å². The van der Waals surface area contributed by atoms with Gasteiger partial charge < -0.3 is 20.1 Å². The van der Waals surface area contributed by atoms with Crippen molar-refractivity contribution in [1.82, 2.24) is 24.6 Å². The number of nitrogens with zero attached hydrogens (tertiary/aromatic N) is 4. The van der Waals surface area contributed by atoms with E-state index in [4.69, 9.17) is 4.74 Å². The van der Waals surface area contributed by atoms with Gasteiger partial charge in [0.2, 0.25) is 5.88 Å². The average Bonchev–Trinajstić information content (AvgIpc) is 3.38. The standard InChI is InChI=1S/C20H18FN7O3/c1-31-14-4-2-3-12(21)17(14)25-15-8-16(23-11-5-6-11)28-18(26-15)10(9-22-28)7-13-19(29)27-20(30)24-13/h2-4,7-9,11,25,29H,5-6H2,1H3,(H2,24,27,30)/b10-7-,23-16?. The summed E-state index contributed by atoms with van der Waals surface area (Å²) < 4.78 is 21.2. The predicted octanol–water partition coefficient (Wildman–Crippen LogP) is 0.953. The SMILES string of the molecule is COc1cccc(F)c1Nc1cc(=NC2CC2)n2nc/c(=C/c3[nH]c(=O)[nH]c3O)c2n1. The van der Waals surface area contributed by atoms with Crippen LogP contribution in [0.25, 0.3) is 11.7 Å². The Kier molecular flexibility index (Phi) is 4.42. The quantitative estimate of drug-likeness (QED) is 0.378. The number of ether oxygens (including phenoxy) is 1. The summed E-state index contributed by atoms with van der Waals surface area (Å²) in [5.41, 5.74) is 0.776. The van der Waals surface area contributed by atoms with Crippen LogP contribution in [0, 0.1) is 5.82 Å². The number of fused-ring (bicyclic) bond motifs is 1. The molecule has 10 nitrogen and oxygen atoms in total. The van der Waals surface area contributed by atoms with Gasteiger partial charge in [0.1, 0.15) is 22.9 Å². The summed E-state index contributed by atoms with van der Waals surface area (Å²) in [7, 11) is 1.46. The molecule has 3 heterocycles. The van der Waals surface area contributed by atoms with Crippen molar-refractivity contribution >= 4 is 23.2 Å². The maximum absolute atomic E-state index is 14.4. The number of H-pyrrole nitrogens is 2. The summed E-state index contributed by atoms with van der Waals surface area (Å²) in [5.74, 6) is -0.107. The summed E-state index contributed by atoms with van der Waals surface area (Å²) in [4.78, 5) is 25.4. The minimum atomic E-state index is -0.536. The zero-order valence-electron chi connectivity index (χ0n) is 16.4. The van der Waals surface area contributed by atoms with Crippen LogP contribution in [-0.2, 0) is 0 Å². The molecule has 1 fully saturated rings. The van der Waals surface area contributed by atoms with Crippen LogP contribution < -0.4 is 26.4 Å². The maximum atomic E-state index is 14.4. The summed E-state index contributed by atoms with van der Waals surface area (Å²) in [6.45, 7) is 0. The smallest absolute Gasteiger partial charge is 0.326 e. The number of aromatic hydroxyl groups is 1. The number of benzene rings is 1. The second-order valence-electron chi connectivity index (χ2n) is 7.12. The minimum Gasteiger partial charge on any atom is -0.494 e. The van der Waals surface area contributed by atoms with Crippen LogP contribution in [0.1, 0.15) is 18.5 Å². The van der Waals surface area contributed by atoms with Crippen molar-refractivity contribution in [2.75, 3.05) is 12.4 Å². The highest BCUT2D eigenvalue weighted by Crippen LogP contribution is 2.29. The Morgan fingerprint density at radius 3 is 2.94 bits per heavy atom. The fourth-order valence-electron chi connectivity index (χ4n) is 3.18. The fraction of sp³-hybridized carbons (Fsp3) is 0.200. The number of hydrogen-bond donors (Lipinski definition) is 4. The van der Waals surface area contributed by atoms with Gasteiger partial charge in [-0.1, -0.05) is 6.07 Å². The van der Waals surface area contributed by atoms with Crippen LogP contribution in [0.3, 0.4) is 0 Å². The van der Waals surface area contributed by atoms with Crippen molar-refractivity contribution in [3.05, 3.63) is 63.2 Å². The van der Waals surface area contributed by atoms with Gasteiger partial charge >= 0.3 is 5.69 Å². The molecule has 0 radical (unpaired) electrons. The zero-order valence-corrected chi connectivity index (χ0v) is 16.4. The molecule has 0 saturated heterocycles. The Balaban J connectivity index is 1.70. The molecule has 0 atom stereocenters. The number of hydrogen-bond acceptors (Lipinski definition) is 7. The van der Waals surface area contributed by atoms with Gasteiger partial charge in [-0.2, -0.15) is 9.61 Å². The molecule has 4 N–H and O–H groups in total. The Labute approximate surface area is 173 Å². The van der Waals surface area contributed by atoms with Crippen LogP contribution in [0.15, 0.2) is 40.2 Å². The molecule has 0 unspecified atom stereocenters. The molecule has 158 valence electrons. The third-order valence-corrected chi connectivity index (χ3v) is 4.83. The largest absolute Gasteiger partial charge is 0.494 e. The molecule has 1 aromatic carbocycles. The van der Waals surface area contributed by atoms with E-state index in [1.54, 1.807) is 28.9 Å². The second-order valence-corrected chi connectivity index (χ2v) is 7.12. The number of halogens is 1. The maximum Gasteiger partial charge on any atom is 0.326 e. The van der Waals surface area contributed by atoms with Gasteiger partial charge in [0.05, 0.1) is 19.3 Å². The van der Waals surface area contributed by atoms with Crippen LogP contribution in [0.4, 0.5) is 15.9 Å². The first-order valence-electron chi connectivity index (χ1n) is 9.57. The topological polar surface area (TPSA) is 133 Å². The number of aromatic nitrogens is 5. The van der Waals surface area contributed by atoms with Crippen LogP contribution in [0.2, 0.25) is 0 Å². The average molecular weight is 423 g/mol. The molecule has 0 aliphatic heterocycles. The van der Waals surface area contributed by atoms with Crippen molar-refractivity contribution in [3.63, 3.8) is 0 Å². The van der Waals surface area contributed by atoms with Crippen LogP contribution in [0.5, 0.6) is 11.6 Å². The lowest BCUT2D eigenvalue weighted by atomic mass is 10.2. The van der Waals surface area contributed by atoms with E-state index in [-0.39, 0.29) is 23.3 Å². The Bertz CT molecular complexity index is 1470. The van der Waals surface area contributed by atoms with E-state index >= 15 is 0 Å². The molecule has 11 heteroatoms. The van der Waals surface area contributed by atoms with Crippen molar-refractivity contribution in [3.8, 4) is 11.6 Å². The van der Waals surface area contributed by atoms with Gasteiger partial charge in [0.25, 0.3) is 0 Å². The third kappa shape index (κ3) is 3.61. The number of aromatic amines is 2. The Morgan fingerprint density at radius 1 is 1.39 bits per heavy atom. The predicted molar refractivity (Wildman–Crippen MR) is 110 cm³/mol. The Morgan fingerprint density at radius 2 is 2.23 bits per heavy atom. The molecule has 1 aliphatic carbocycles. The molecular formula is C20H18FN7O3. The molecule has 31 heavy (non-hydrogen) atoms. The summed E-state index contributed by atoms with van der Waals surface area (Å²) in [5, 5.41) is 17.7. The molecular weight excluding hydrogens is 405 g/mol. The molecule has 0 amide bonds. The first kappa shape index (κ1) is 18.9. The number of methoxy groups -OCH3 is 1. The van der Waals surface area contributed by atoms with E-state index in [0.29, 0.717) is 27.9 Å². The highest BCUT2D eigenvalue weighted by molar-refractivity contribution is 5.66. The summed E-state index contributed by atoms with van der Waals surface area (Å²) >= 11 is 0. The number of nitrogens with one attached hydrogen (secondary N) is 3. The van der Waals surface area contributed by atoms with Gasteiger partial charge in [-0.25, -0.2) is 14.2 Å². The normalized spacial score (nSPS) is 15.0. The summed E-state index contributed by atoms with van der Waals surface area (Å²) in [6, 6.07) is 6.41. The molecule has 5 rings (SSSR count). The van der Waals surface area contributed by atoms with E-state index in [1.165, 1.54) is 19.3 Å². The molecule has 1 saturated carbocycles. The van der Waals surface area contributed by atoms with Crippen LogP contribution in [-0.4, -0.2) is 42.8 Å². The third-order valence-electron chi connectivity index (χ3n) is 4.83. The lowest BCUT2D eigenvalue weighted by molar-refractivity contribution is 0.414. The number of para-hydroxylation sites is 1. The van der Waals surface area contributed by atoms with E-state index in [1.807, 2.05) is 0 Å². The molecule has 0 bridgehead atoms. The van der Waals surface area contributed by atoms with E-state index in [9.17, 15) is 14.3 Å². The van der Waals surface area contributed by atoms with Gasteiger partial charge in [0.15, 0.2) is 17.0 Å².